The van der Waals surface area contributed by atoms with Gasteiger partial charge in [0.25, 0.3) is 5.92 Å². The van der Waals surface area contributed by atoms with Crippen LogP contribution >= 0.6 is 0 Å². The first-order chi connectivity index (χ1) is 9.42. The largest absolute Gasteiger partial charge is 0.480 e. The first-order valence-corrected chi connectivity index (χ1v) is 5.77. The number of halogens is 3. The molecule has 0 bridgehead atoms. The summed E-state index contributed by atoms with van der Waals surface area (Å²) in [5, 5.41) is 8.54. The van der Waals surface area contributed by atoms with Gasteiger partial charge in [0.1, 0.15) is 19.0 Å². The molecule has 0 aliphatic heterocycles. The van der Waals surface area contributed by atoms with E-state index in [2.05, 4.69) is 4.74 Å². The Morgan fingerprint density at radius 2 is 1.80 bits per heavy atom. The van der Waals surface area contributed by atoms with Crippen molar-refractivity contribution in [2.24, 2.45) is 0 Å². The molecular formula is C14H11F3O3. The van der Waals surface area contributed by atoms with Gasteiger partial charge in [0.2, 0.25) is 0 Å². The third-order valence-corrected chi connectivity index (χ3v) is 2.77. The number of fused-ring (bicyclic) bond motifs is 1. The summed E-state index contributed by atoms with van der Waals surface area (Å²) in [5.41, 5.74) is -0.389. The number of hydrogen-bond donors (Lipinski definition) is 1. The number of carbonyl (C=O) groups is 1. The molecule has 0 radical (unpaired) electrons. The zero-order valence-electron chi connectivity index (χ0n) is 10.3. The van der Waals surface area contributed by atoms with Crippen molar-refractivity contribution in [1.29, 1.82) is 0 Å². The van der Waals surface area contributed by atoms with Crippen LogP contribution in [0.15, 0.2) is 36.4 Å². The van der Waals surface area contributed by atoms with E-state index in [4.69, 9.17) is 5.11 Å². The smallest absolute Gasteiger partial charge is 0.329 e. The Balaban J connectivity index is 2.36. The van der Waals surface area contributed by atoms with Crippen LogP contribution in [0.5, 0.6) is 0 Å². The molecule has 0 aromatic heterocycles. The minimum Gasteiger partial charge on any atom is -0.480 e. The van der Waals surface area contributed by atoms with Gasteiger partial charge in [-0.15, -0.1) is 0 Å². The van der Waals surface area contributed by atoms with Crippen LogP contribution in [0.2, 0.25) is 0 Å². The maximum absolute atomic E-state index is 14.0. The Bertz CT molecular complexity index is 641. The Labute approximate surface area is 112 Å². The lowest BCUT2D eigenvalue weighted by Crippen LogP contribution is -2.23. The van der Waals surface area contributed by atoms with Crippen molar-refractivity contribution in [3.63, 3.8) is 0 Å². The molecule has 2 aromatic rings. The van der Waals surface area contributed by atoms with E-state index < -0.39 is 30.9 Å². The highest BCUT2D eigenvalue weighted by Gasteiger charge is 2.34. The van der Waals surface area contributed by atoms with Crippen LogP contribution in [0.25, 0.3) is 10.8 Å². The van der Waals surface area contributed by atoms with Gasteiger partial charge in [-0.05, 0) is 17.5 Å². The van der Waals surface area contributed by atoms with Crippen molar-refractivity contribution in [1.82, 2.24) is 0 Å². The molecule has 20 heavy (non-hydrogen) atoms. The van der Waals surface area contributed by atoms with E-state index in [1.165, 1.54) is 18.2 Å². The number of hydrogen-bond acceptors (Lipinski definition) is 2. The van der Waals surface area contributed by atoms with E-state index in [0.717, 1.165) is 12.1 Å². The molecule has 106 valence electrons. The second-order valence-corrected chi connectivity index (χ2v) is 4.23. The maximum atomic E-state index is 14.0. The van der Waals surface area contributed by atoms with Gasteiger partial charge < -0.3 is 9.84 Å². The third kappa shape index (κ3) is 2.91. The number of ether oxygens (including phenoxy) is 1. The Morgan fingerprint density at radius 3 is 2.45 bits per heavy atom. The molecule has 0 amide bonds. The highest BCUT2D eigenvalue weighted by Crippen LogP contribution is 2.34. The molecule has 0 saturated carbocycles. The van der Waals surface area contributed by atoms with Crippen LogP contribution < -0.4 is 0 Å². The molecular weight excluding hydrogens is 273 g/mol. The van der Waals surface area contributed by atoms with Crippen molar-refractivity contribution in [3.05, 3.63) is 47.8 Å². The number of carboxylic acids is 1. The molecule has 0 fully saturated rings. The zero-order valence-corrected chi connectivity index (χ0v) is 10.3. The zero-order chi connectivity index (χ0) is 14.8. The first kappa shape index (κ1) is 14.3. The van der Waals surface area contributed by atoms with Crippen LogP contribution in [-0.2, 0) is 15.5 Å². The lowest BCUT2D eigenvalue weighted by molar-refractivity contribution is -0.147. The van der Waals surface area contributed by atoms with Gasteiger partial charge >= 0.3 is 5.97 Å². The van der Waals surface area contributed by atoms with E-state index in [1.54, 1.807) is 6.07 Å². The van der Waals surface area contributed by atoms with Crippen LogP contribution in [-0.4, -0.2) is 24.3 Å². The standard InChI is InChI=1S/C14H11F3O3/c15-12-6-5-11(9-3-1-2-4-10(9)12)14(16,17)8-20-7-13(18)19/h1-6H,7-8H2,(H,18,19). The van der Waals surface area contributed by atoms with Gasteiger partial charge in [-0.1, -0.05) is 24.3 Å². The topological polar surface area (TPSA) is 46.5 Å². The van der Waals surface area contributed by atoms with Gasteiger partial charge in [0.05, 0.1) is 0 Å². The molecule has 1 N–H and O–H groups in total. The lowest BCUT2D eigenvalue weighted by Gasteiger charge is -2.18. The molecule has 0 unspecified atom stereocenters. The van der Waals surface area contributed by atoms with E-state index >= 15 is 0 Å². The monoisotopic (exact) mass is 284 g/mol. The average Bonchev–Trinajstić information content (AvgIpc) is 2.38. The quantitative estimate of drug-likeness (QED) is 0.917. The van der Waals surface area contributed by atoms with E-state index in [1.807, 2.05) is 0 Å². The molecule has 0 saturated heterocycles. The summed E-state index contributed by atoms with van der Waals surface area (Å²) in [6.07, 6.45) is 0. The Hall–Kier alpha value is -2.08. The van der Waals surface area contributed by atoms with E-state index in [0.29, 0.717) is 0 Å². The summed E-state index contributed by atoms with van der Waals surface area (Å²) < 4.78 is 46.1. The fraction of sp³-hybridized carbons (Fsp3) is 0.214. The van der Waals surface area contributed by atoms with Gasteiger partial charge in [-0.3, -0.25) is 0 Å². The summed E-state index contributed by atoms with van der Waals surface area (Å²) >= 11 is 0. The number of rotatable bonds is 5. The van der Waals surface area contributed by atoms with Crippen molar-refractivity contribution in [3.8, 4) is 0 Å². The summed E-state index contributed by atoms with van der Waals surface area (Å²) in [5.74, 6) is -5.32. The minimum atomic E-state index is -3.40. The Kier molecular flexibility index (Phi) is 3.94. The van der Waals surface area contributed by atoms with Crippen molar-refractivity contribution in [2.75, 3.05) is 13.2 Å². The normalized spacial score (nSPS) is 11.8. The number of alkyl halides is 2. The second-order valence-electron chi connectivity index (χ2n) is 4.23. The van der Waals surface area contributed by atoms with Gasteiger partial charge in [0.15, 0.2) is 0 Å². The fourth-order valence-corrected chi connectivity index (χ4v) is 1.93. The van der Waals surface area contributed by atoms with Crippen LogP contribution in [0.3, 0.4) is 0 Å². The minimum absolute atomic E-state index is 0.0800. The summed E-state index contributed by atoms with van der Waals surface area (Å²) in [6.45, 7) is -1.89. The summed E-state index contributed by atoms with van der Waals surface area (Å²) in [4.78, 5) is 10.3. The molecule has 2 rings (SSSR count). The summed E-state index contributed by atoms with van der Waals surface area (Å²) in [7, 11) is 0. The molecule has 2 aromatic carbocycles. The van der Waals surface area contributed by atoms with Crippen molar-refractivity contribution < 1.29 is 27.8 Å². The van der Waals surface area contributed by atoms with E-state index in [-0.39, 0.29) is 16.3 Å². The van der Waals surface area contributed by atoms with Crippen molar-refractivity contribution >= 4 is 16.7 Å². The van der Waals surface area contributed by atoms with Crippen LogP contribution in [0, 0.1) is 5.82 Å². The second kappa shape index (κ2) is 5.50. The van der Waals surface area contributed by atoms with Gasteiger partial charge in [-0.25, -0.2) is 9.18 Å². The SMILES string of the molecule is O=C(O)COCC(F)(F)c1ccc(F)c2ccccc12. The number of benzene rings is 2. The highest BCUT2D eigenvalue weighted by molar-refractivity contribution is 5.86. The van der Waals surface area contributed by atoms with Crippen LogP contribution in [0.4, 0.5) is 13.2 Å². The highest BCUT2D eigenvalue weighted by atomic mass is 19.3. The van der Waals surface area contributed by atoms with Crippen molar-refractivity contribution in [2.45, 2.75) is 5.92 Å². The molecule has 0 atom stereocenters. The first-order valence-electron chi connectivity index (χ1n) is 5.77. The summed E-state index contributed by atoms with van der Waals surface area (Å²) in [6, 6.07) is 7.82. The van der Waals surface area contributed by atoms with Crippen LogP contribution in [0.1, 0.15) is 5.56 Å². The predicted molar refractivity (Wildman–Crippen MR) is 66.3 cm³/mol. The lowest BCUT2D eigenvalue weighted by atomic mass is 9.99. The fourth-order valence-electron chi connectivity index (χ4n) is 1.93. The molecule has 6 heteroatoms. The number of carboxylic acid groups (broad SMARTS) is 1. The van der Waals surface area contributed by atoms with Gasteiger partial charge in [-0.2, -0.15) is 8.78 Å². The molecule has 3 nitrogen and oxygen atoms in total. The van der Waals surface area contributed by atoms with Gasteiger partial charge in [0, 0.05) is 10.9 Å². The molecule has 0 aliphatic rings. The predicted octanol–water partition coefficient (Wildman–Crippen LogP) is 3.17. The average molecular weight is 284 g/mol. The molecule has 0 aliphatic carbocycles. The number of aliphatic carboxylic acids is 1. The molecule has 0 spiro atoms. The molecule has 0 heterocycles. The van der Waals surface area contributed by atoms with E-state index in [9.17, 15) is 18.0 Å². The Morgan fingerprint density at radius 1 is 1.15 bits per heavy atom. The third-order valence-electron chi connectivity index (χ3n) is 2.77. The maximum Gasteiger partial charge on any atom is 0.329 e.